The molecule has 23 heavy (non-hydrogen) atoms. The molecule has 120 valence electrons. The lowest BCUT2D eigenvalue weighted by Crippen LogP contribution is -2.23. The summed E-state index contributed by atoms with van der Waals surface area (Å²) < 4.78 is 1.92. The van der Waals surface area contributed by atoms with Crippen LogP contribution in [0.15, 0.2) is 22.3 Å². The van der Waals surface area contributed by atoms with Gasteiger partial charge in [0.1, 0.15) is 4.83 Å². The van der Waals surface area contributed by atoms with Crippen molar-refractivity contribution in [1.82, 2.24) is 9.55 Å². The summed E-state index contributed by atoms with van der Waals surface area (Å²) in [6.45, 7) is 2.92. The molecule has 3 nitrogen and oxygen atoms in total. The molecule has 0 aliphatic heterocycles. The highest BCUT2D eigenvalue weighted by atomic mass is 32.1. The van der Waals surface area contributed by atoms with E-state index in [1.54, 1.807) is 22.7 Å². The Labute approximate surface area is 143 Å². The molecular formula is C18H20N2OS2. The number of hydrogen-bond donors (Lipinski definition) is 0. The molecule has 1 aliphatic carbocycles. The van der Waals surface area contributed by atoms with Crippen LogP contribution >= 0.6 is 22.7 Å². The summed E-state index contributed by atoms with van der Waals surface area (Å²) in [5.41, 5.74) is 1.46. The number of thiophene rings is 2. The fourth-order valence-corrected chi connectivity index (χ4v) is 5.33. The van der Waals surface area contributed by atoms with Crippen molar-refractivity contribution in [2.75, 3.05) is 0 Å². The fraction of sp³-hybridized carbons (Fsp3) is 0.444. The van der Waals surface area contributed by atoms with E-state index in [9.17, 15) is 4.79 Å². The van der Waals surface area contributed by atoms with E-state index in [2.05, 4.69) is 18.4 Å². The maximum absolute atomic E-state index is 13.2. The molecule has 1 aliphatic rings. The van der Waals surface area contributed by atoms with Crippen LogP contribution < -0.4 is 5.56 Å². The monoisotopic (exact) mass is 344 g/mol. The first-order chi connectivity index (χ1) is 11.3. The summed E-state index contributed by atoms with van der Waals surface area (Å²) in [5.74, 6) is 0.851. The summed E-state index contributed by atoms with van der Waals surface area (Å²) >= 11 is 3.40. The summed E-state index contributed by atoms with van der Waals surface area (Å²) in [4.78, 5) is 21.6. The minimum absolute atomic E-state index is 0.172. The molecule has 5 heteroatoms. The summed E-state index contributed by atoms with van der Waals surface area (Å²) in [5, 5.41) is 2.95. The van der Waals surface area contributed by atoms with E-state index in [4.69, 9.17) is 4.98 Å². The van der Waals surface area contributed by atoms with Gasteiger partial charge in [-0.3, -0.25) is 9.36 Å². The third-order valence-corrected chi connectivity index (χ3v) is 6.60. The van der Waals surface area contributed by atoms with Gasteiger partial charge in [-0.25, -0.2) is 4.98 Å². The van der Waals surface area contributed by atoms with Gasteiger partial charge in [0.15, 0.2) is 5.82 Å². The average molecular weight is 345 g/mol. The Kier molecular flexibility index (Phi) is 4.07. The minimum Gasteiger partial charge on any atom is -0.291 e. The fourth-order valence-electron chi connectivity index (χ4n) is 3.36. The Morgan fingerprint density at radius 3 is 2.96 bits per heavy atom. The molecule has 3 aromatic heterocycles. The van der Waals surface area contributed by atoms with Crippen molar-refractivity contribution in [2.24, 2.45) is 0 Å². The molecule has 0 atom stereocenters. The van der Waals surface area contributed by atoms with Gasteiger partial charge in [0.2, 0.25) is 0 Å². The highest BCUT2D eigenvalue weighted by Gasteiger charge is 2.22. The highest BCUT2D eigenvalue weighted by molar-refractivity contribution is 7.19. The second-order valence-electron chi connectivity index (χ2n) is 6.11. The van der Waals surface area contributed by atoms with Gasteiger partial charge in [-0.05, 0) is 49.1 Å². The van der Waals surface area contributed by atoms with Crippen LogP contribution in [0.2, 0.25) is 0 Å². The van der Waals surface area contributed by atoms with Gasteiger partial charge in [-0.2, -0.15) is 0 Å². The zero-order chi connectivity index (χ0) is 15.8. The largest absolute Gasteiger partial charge is 0.291 e. The Hall–Kier alpha value is -1.46. The normalized spacial score (nSPS) is 14.3. The number of unbranched alkanes of at least 4 members (excludes halogenated alkanes) is 1. The summed E-state index contributed by atoms with van der Waals surface area (Å²) in [6.07, 6.45) is 6.67. The molecule has 0 fully saturated rings. The Morgan fingerprint density at radius 1 is 1.30 bits per heavy atom. The second kappa shape index (κ2) is 6.21. The number of aromatic nitrogens is 2. The van der Waals surface area contributed by atoms with Crippen molar-refractivity contribution in [3.8, 4) is 10.7 Å². The lowest BCUT2D eigenvalue weighted by molar-refractivity contribution is 0.615. The Morgan fingerprint density at radius 2 is 2.17 bits per heavy atom. The van der Waals surface area contributed by atoms with Gasteiger partial charge >= 0.3 is 0 Å². The molecule has 0 aromatic carbocycles. The van der Waals surface area contributed by atoms with E-state index < -0.39 is 0 Å². The van der Waals surface area contributed by atoms with Crippen LogP contribution in [0.5, 0.6) is 0 Å². The van der Waals surface area contributed by atoms with Crippen molar-refractivity contribution in [3.05, 3.63) is 38.3 Å². The average Bonchev–Trinajstić information content (AvgIpc) is 3.21. The second-order valence-corrected chi connectivity index (χ2v) is 8.15. The summed E-state index contributed by atoms with van der Waals surface area (Å²) in [6, 6.07) is 4.09. The molecule has 4 rings (SSSR count). The lowest BCUT2D eigenvalue weighted by atomic mass is 9.97. The van der Waals surface area contributed by atoms with Crippen LogP contribution in [0.4, 0.5) is 0 Å². The molecule has 0 N–H and O–H groups in total. The molecule has 0 saturated heterocycles. The van der Waals surface area contributed by atoms with Crippen molar-refractivity contribution in [1.29, 1.82) is 0 Å². The maximum atomic E-state index is 13.2. The smallest absolute Gasteiger partial charge is 0.262 e. The van der Waals surface area contributed by atoms with E-state index >= 15 is 0 Å². The summed E-state index contributed by atoms with van der Waals surface area (Å²) in [7, 11) is 0. The first-order valence-electron chi connectivity index (χ1n) is 8.38. The molecule has 0 unspecified atom stereocenters. The van der Waals surface area contributed by atoms with Gasteiger partial charge in [0.25, 0.3) is 5.56 Å². The van der Waals surface area contributed by atoms with Crippen LogP contribution in [-0.2, 0) is 19.4 Å². The molecule has 0 spiro atoms. The van der Waals surface area contributed by atoms with Crippen LogP contribution in [0.1, 0.15) is 43.0 Å². The lowest BCUT2D eigenvalue weighted by Gasteiger charge is -2.12. The van der Waals surface area contributed by atoms with Gasteiger partial charge in [0, 0.05) is 11.4 Å². The molecule has 0 bridgehead atoms. The van der Waals surface area contributed by atoms with E-state index in [0.29, 0.717) is 0 Å². The first kappa shape index (κ1) is 15.1. The van der Waals surface area contributed by atoms with Crippen molar-refractivity contribution in [2.45, 2.75) is 52.0 Å². The third kappa shape index (κ3) is 2.56. The number of hydrogen-bond acceptors (Lipinski definition) is 4. The van der Waals surface area contributed by atoms with Crippen LogP contribution in [0, 0.1) is 0 Å². The Bertz CT molecular complexity index is 890. The van der Waals surface area contributed by atoms with E-state index in [1.807, 2.05) is 10.6 Å². The van der Waals surface area contributed by atoms with Gasteiger partial charge < -0.3 is 0 Å². The van der Waals surface area contributed by atoms with Crippen molar-refractivity contribution >= 4 is 32.9 Å². The van der Waals surface area contributed by atoms with Gasteiger partial charge in [-0.15, -0.1) is 22.7 Å². The highest BCUT2D eigenvalue weighted by Crippen LogP contribution is 2.35. The number of rotatable bonds is 4. The minimum atomic E-state index is 0.172. The van der Waals surface area contributed by atoms with Gasteiger partial charge in [-0.1, -0.05) is 19.4 Å². The third-order valence-electron chi connectivity index (χ3n) is 4.55. The maximum Gasteiger partial charge on any atom is 0.262 e. The van der Waals surface area contributed by atoms with Crippen LogP contribution in [0.25, 0.3) is 20.9 Å². The molecular weight excluding hydrogens is 324 g/mol. The number of nitrogens with zero attached hydrogens (tertiary/aromatic N) is 2. The van der Waals surface area contributed by atoms with E-state index in [-0.39, 0.29) is 5.56 Å². The van der Waals surface area contributed by atoms with Crippen molar-refractivity contribution in [3.63, 3.8) is 0 Å². The first-order valence-corrected chi connectivity index (χ1v) is 10.1. The standard InChI is InChI=1S/C18H20N2OS2/c1-2-3-10-20-16(14-9-6-11-22-14)19-17-15(18(20)21)12-7-4-5-8-13(12)23-17/h6,9,11H,2-5,7-8,10H2,1H3. The molecule has 0 amide bonds. The quantitative estimate of drug-likeness (QED) is 0.677. The van der Waals surface area contributed by atoms with E-state index in [0.717, 1.165) is 53.1 Å². The topological polar surface area (TPSA) is 34.9 Å². The van der Waals surface area contributed by atoms with E-state index in [1.165, 1.54) is 23.3 Å². The van der Waals surface area contributed by atoms with Crippen molar-refractivity contribution < 1.29 is 0 Å². The predicted octanol–water partition coefficient (Wildman–Crippen LogP) is 4.87. The number of fused-ring (bicyclic) bond motifs is 3. The van der Waals surface area contributed by atoms with Crippen LogP contribution in [-0.4, -0.2) is 9.55 Å². The number of aryl methyl sites for hydroxylation is 2. The molecule has 0 radical (unpaired) electrons. The zero-order valence-electron chi connectivity index (χ0n) is 13.3. The van der Waals surface area contributed by atoms with Gasteiger partial charge in [0.05, 0.1) is 10.3 Å². The molecule has 3 aromatic rings. The SMILES string of the molecule is CCCCn1c(-c2cccs2)nc2sc3c(c2c1=O)CCCC3. The van der Waals surface area contributed by atoms with Crippen LogP contribution in [0.3, 0.4) is 0 Å². The zero-order valence-corrected chi connectivity index (χ0v) is 14.9. The predicted molar refractivity (Wildman–Crippen MR) is 98.7 cm³/mol. The molecule has 0 saturated carbocycles. The molecule has 3 heterocycles. The Balaban J connectivity index is 1.99.